The lowest BCUT2D eigenvalue weighted by Crippen LogP contribution is -3.14. The molecule has 0 bridgehead atoms. The minimum absolute atomic E-state index is 0.0514. The van der Waals surface area contributed by atoms with E-state index in [4.69, 9.17) is 0 Å². The van der Waals surface area contributed by atoms with Gasteiger partial charge in [-0.25, -0.2) is 13.1 Å². The van der Waals surface area contributed by atoms with E-state index in [2.05, 4.69) is 5.10 Å². The number of hydrogen-bond acceptors (Lipinski definition) is 5. The summed E-state index contributed by atoms with van der Waals surface area (Å²) in [5.74, 6) is 0. The van der Waals surface area contributed by atoms with Crippen LogP contribution in [0.15, 0.2) is 23.1 Å². The molecule has 0 spiro atoms. The Bertz CT molecular complexity index is 1010. The van der Waals surface area contributed by atoms with E-state index in [1.54, 1.807) is 24.6 Å². The van der Waals surface area contributed by atoms with Gasteiger partial charge in [0.15, 0.2) is 6.67 Å². The fourth-order valence-electron chi connectivity index (χ4n) is 3.64. The molecule has 1 aromatic carbocycles. The van der Waals surface area contributed by atoms with Crippen molar-refractivity contribution in [2.24, 2.45) is 0 Å². The number of quaternary nitrogens is 1. The predicted molar refractivity (Wildman–Crippen MR) is 104 cm³/mol. The second-order valence-electron chi connectivity index (χ2n) is 7.36. The second-order valence-corrected chi connectivity index (χ2v) is 9.26. The minimum atomic E-state index is -3.53. The van der Waals surface area contributed by atoms with Gasteiger partial charge in [0.25, 0.3) is 0 Å². The van der Waals surface area contributed by atoms with Gasteiger partial charge in [0.05, 0.1) is 36.0 Å². The second kappa shape index (κ2) is 7.61. The molecule has 0 atom stereocenters. The SMILES string of the molecule is Cc1ccc(C)c(S(=O)(=O)N2CC[NH+](Cn3nc(C)c([N+](=O)[O-])c3C)CC2)c1. The van der Waals surface area contributed by atoms with E-state index < -0.39 is 14.9 Å². The van der Waals surface area contributed by atoms with Gasteiger partial charge in [0.1, 0.15) is 11.4 Å². The number of nitro groups is 1. The molecular formula is C18H26N5O4S+. The molecule has 1 aliphatic rings. The van der Waals surface area contributed by atoms with Crippen molar-refractivity contribution in [2.45, 2.75) is 39.3 Å². The van der Waals surface area contributed by atoms with Crippen LogP contribution in [0.4, 0.5) is 5.69 Å². The number of rotatable bonds is 5. The Balaban J connectivity index is 1.70. The van der Waals surface area contributed by atoms with Crippen LogP contribution in [0.25, 0.3) is 0 Å². The van der Waals surface area contributed by atoms with Crippen LogP contribution >= 0.6 is 0 Å². The van der Waals surface area contributed by atoms with Crippen LogP contribution in [0.5, 0.6) is 0 Å². The molecule has 1 fully saturated rings. The van der Waals surface area contributed by atoms with Gasteiger partial charge in [-0.05, 0) is 44.9 Å². The average molecular weight is 409 g/mol. The average Bonchev–Trinajstić information content (AvgIpc) is 2.91. The van der Waals surface area contributed by atoms with Crippen molar-refractivity contribution in [2.75, 3.05) is 26.2 Å². The van der Waals surface area contributed by atoms with Crippen LogP contribution in [0.3, 0.4) is 0 Å². The van der Waals surface area contributed by atoms with Gasteiger partial charge in [-0.3, -0.25) is 10.1 Å². The van der Waals surface area contributed by atoms with E-state index in [9.17, 15) is 18.5 Å². The smallest absolute Gasteiger partial charge is 0.312 e. The summed E-state index contributed by atoms with van der Waals surface area (Å²) in [7, 11) is -3.53. The van der Waals surface area contributed by atoms with E-state index in [0.29, 0.717) is 49.1 Å². The number of hydrogen-bond donors (Lipinski definition) is 1. The van der Waals surface area contributed by atoms with Gasteiger partial charge in [-0.15, -0.1) is 0 Å². The highest BCUT2D eigenvalue weighted by Crippen LogP contribution is 2.22. The standard InChI is InChI=1S/C18H25N5O4S/c1-13-5-6-14(2)17(11-13)28(26,27)21-9-7-20(8-10-21)12-22-16(4)18(23(24)25)15(3)19-22/h5-6,11H,7-10,12H2,1-4H3/p+1. The Hall–Kier alpha value is -2.30. The van der Waals surface area contributed by atoms with E-state index in [-0.39, 0.29) is 5.69 Å². The van der Waals surface area contributed by atoms with E-state index >= 15 is 0 Å². The highest BCUT2D eigenvalue weighted by atomic mass is 32.2. The molecule has 152 valence electrons. The highest BCUT2D eigenvalue weighted by molar-refractivity contribution is 7.89. The number of nitrogens with one attached hydrogen (secondary N) is 1. The van der Waals surface area contributed by atoms with E-state index in [0.717, 1.165) is 16.0 Å². The molecule has 1 saturated heterocycles. The third kappa shape index (κ3) is 3.80. The summed E-state index contributed by atoms with van der Waals surface area (Å²) in [5.41, 5.74) is 2.64. The van der Waals surface area contributed by atoms with Crippen molar-refractivity contribution in [3.8, 4) is 0 Å². The van der Waals surface area contributed by atoms with Crippen LogP contribution in [0, 0.1) is 37.8 Å². The Morgan fingerprint density at radius 3 is 2.39 bits per heavy atom. The van der Waals surface area contributed by atoms with Crippen molar-refractivity contribution in [3.63, 3.8) is 0 Å². The van der Waals surface area contributed by atoms with Crippen molar-refractivity contribution >= 4 is 15.7 Å². The van der Waals surface area contributed by atoms with Crippen LogP contribution in [-0.4, -0.2) is 53.6 Å². The summed E-state index contributed by atoms with van der Waals surface area (Å²) >= 11 is 0. The van der Waals surface area contributed by atoms with Gasteiger partial charge >= 0.3 is 5.69 Å². The van der Waals surface area contributed by atoms with Gasteiger partial charge in [-0.2, -0.15) is 9.40 Å². The lowest BCUT2D eigenvalue weighted by atomic mass is 10.2. The first-order valence-electron chi connectivity index (χ1n) is 9.20. The minimum Gasteiger partial charge on any atom is -0.314 e. The topological polar surface area (TPSA) is 103 Å². The molecule has 0 radical (unpaired) electrons. The predicted octanol–water partition coefficient (Wildman–Crippen LogP) is 0.572. The number of aromatic nitrogens is 2. The zero-order valence-corrected chi connectivity index (χ0v) is 17.4. The number of benzene rings is 1. The molecule has 28 heavy (non-hydrogen) atoms. The monoisotopic (exact) mass is 408 g/mol. The maximum Gasteiger partial charge on any atom is 0.312 e. The molecule has 10 heteroatoms. The van der Waals surface area contributed by atoms with Crippen molar-refractivity contribution in [1.29, 1.82) is 0 Å². The number of sulfonamides is 1. The summed E-state index contributed by atoms with van der Waals surface area (Å²) < 4.78 is 29.2. The highest BCUT2D eigenvalue weighted by Gasteiger charge is 2.32. The zero-order chi connectivity index (χ0) is 20.6. The molecule has 2 aromatic rings. The molecule has 2 heterocycles. The summed E-state index contributed by atoms with van der Waals surface area (Å²) in [6, 6.07) is 5.46. The first-order chi connectivity index (χ1) is 13.1. The molecule has 9 nitrogen and oxygen atoms in total. The Morgan fingerprint density at radius 2 is 1.82 bits per heavy atom. The molecular weight excluding hydrogens is 382 g/mol. The van der Waals surface area contributed by atoms with Crippen LogP contribution < -0.4 is 4.90 Å². The maximum atomic E-state index is 13.0. The number of piperazine rings is 1. The lowest BCUT2D eigenvalue weighted by molar-refractivity contribution is -0.926. The molecule has 1 aliphatic heterocycles. The molecule has 0 amide bonds. The third-order valence-electron chi connectivity index (χ3n) is 5.29. The fourth-order valence-corrected chi connectivity index (χ4v) is 5.39. The van der Waals surface area contributed by atoms with Gasteiger partial charge < -0.3 is 4.90 Å². The third-order valence-corrected chi connectivity index (χ3v) is 7.33. The maximum absolute atomic E-state index is 13.0. The molecule has 1 N–H and O–H groups in total. The fraction of sp³-hybridized carbons (Fsp3) is 0.500. The quantitative estimate of drug-likeness (QED) is 0.576. The largest absolute Gasteiger partial charge is 0.314 e. The Labute approximate surface area is 164 Å². The van der Waals surface area contributed by atoms with Crippen LogP contribution in [0.2, 0.25) is 0 Å². The lowest BCUT2D eigenvalue weighted by Gasteiger charge is -2.31. The van der Waals surface area contributed by atoms with Gasteiger partial charge in [-0.1, -0.05) is 12.1 Å². The van der Waals surface area contributed by atoms with E-state index in [1.165, 1.54) is 4.31 Å². The summed E-state index contributed by atoms with van der Waals surface area (Å²) in [6.07, 6.45) is 0. The summed E-state index contributed by atoms with van der Waals surface area (Å²) in [5, 5.41) is 15.4. The molecule has 3 rings (SSSR count). The van der Waals surface area contributed by atoms with Crippen LogP contribution in [0.1, 0.15) is 22.5 Å². The Kier molecular flexibility index (Phi) is 5.55. The summed E-state index contributed by atoms with van der Waals surface area (Å²) in [4.78, 5) is 12.3. The zero-order valence-electron chi connectivity index (χ0n) is 16.6. The molecule has 0 saturated carbocycles. The van der Waals surface area contributed by atoms with Gasteiger partial charge in [0, 0.05) is 0 Å². The Morgan fingerprint density at radius 1 is 1.18 bits per heavy atom. The first kappa shape index (κ1) is 20.4. The molecule has 1 aromatic heterocycles. The first-order valence-corrected chi connectivity index (χ1v) is 10.6. The van der Waals surface area contributed by atoms with Crippen molar-refractivity contribution < 1.29 is 18.2 Å². The molecule has 0 unspecified atom stereocenters. The molecule has 0 aliphatic carbocycles. The van der Waals surface area contributed by atoms with E-state index in [1.807, 2.05) is 26.0 Å². The van der Waals surface area contributed by atoms with Gasteiger partial charge in [0.2, 0.25) is 10.0 Å². The van der Waals surface area contributed by atoms with Crippen molar-refractivity contribution in [3.05, 3.63) is 50.8 Å². The van der Waals surface area contributed by atoms with Crippen LogP contribution in [-0.2, 0) is 16.7 Å². The number of aryl methyl sites for hydroxylation is 3. The van der Waals surface area contributed by atoms with Crippen molar-refractivity contribution in [1.82, 2.24) is 14.1 Å². The summed E-state index contributed by atoms with van der Waals surface area (Å²) in [6.45, 7) is 9.56. The normalized spacial score (nSPS) is 16.4. The number of nitrogens with zero attached hydrogens (tertiary/aromatic N) is 4.